The van der Waals surface area contributed by atoms with E-state index in [1.165, 1.54) is 70.6 Å². The van der Waals surface area contributed by atoms with Crippen molar-refractivity contribution >= 4 is 15.8 Å². The summed E-state index contributed by atoms with van der Waals surface area (Å²) in [6.07, 6.45) is 18.9. The van der Waals surface area contributed by atoms with Gasteiger partial charge in [0.25, 0.3) is 0 Å². The molecule has 1 N–H and O–H groups in total. The van der Waals surface area contributed by atoms with Crippen LogP contribution in [0.2, 0.25) is 0 Å². The molecule has 0 aromatic heterocycles. The molecular weight excluding hydrogens is 360 g/mol. The fourth-order valence-electron chi connectivity index (χ4n) is 3.47. The Hall–Kier alpha value is -0.580. The summed E-state index contributed by atoms with van der Waals surface area (Å²) in [5.74, 6) is -1.18. The lowest BCUT2D eigenvalue weighted by Gasteiger charge is -2.13. The van der Waals surface area contributed by atoms with Crippen LogP contribution in [0.4, 0.5) is 0 Å². The van der Waals surface area contributed by atoms with Crippen LogP contribution >= 0.6 is 0 Å². The highest BCUT2D eigenvalue weighted by Crippen LogP contribution is 2.17. The Kier molecular flexibility index (Phi) is 17.1. The highest BCUT2D eigenvalue weighted by atomic mass is 32.2. The topological polar surface area (TPSA) is 71.4 Å². The smallest absolute Gasteiger partial charge is 0.321 e. The predicted molar refractivity (Wildman–Crippen MR) is 115 cm³/mol. The van der Waals surface area contributed by atoms with Crippen LogP contribution in [-0.2, 0) is 14.6 Å². The van der Waals surface area contributed by atoms with Gasteiger partial charge in [-0.05, 0) is 12.8 Å². The molecule has 0 heterocycles. The second kappa shape index (κ2) is 17.5. The van der Waals surface area contributed by atoms with E-state index < -0.39 is 21.1 Å². The zero-order valence-electron chi connectivity index (χ0n) is 17.9. The van der Waals surface area contributed by atoms with Gasteiger partial charge in [0.2, 0.25) is 0 Å². The maximum absolute atomic E-state index is 12.1. The number of carboxylic acids is 1. The Bertz CT molecular complexity index is 445. The normalized spacial score (nSPS) is 13.0. The van der Waals surface area contributed by atoms with Crippen LogP contribution in [0, 0.1) is 0 Å². The van der Waals surface area contributed by atoms with Gasteiger partial charge in [-0.25, -0.2) is 8.42 Å². The van der Waals surface area contributed by atoms with E-state index in [0.29, 0.717) is 12.8 Å². The van der Waals surface area contributed by atoms with Crippen LogP contribution < -0.4 is 0 Å². The molecule has 0 spiro atoms. The first-order chi connectivity index (χ1) is 13.0. The minimum absolute atomic E-state index is 0.000922. The largest absolute Gasteiger partial charge is 0.480 e. The summed E-state index contributed by atoms with van der Waals surface area (Å²) in [6, 6.07) is 0. The standard InChI is InChI=1S/C22H44O4S/c1-3-5-7-8-9-10-11-12-13-14-15-16-17-18-19-21(22(23)24)27(25,26)20-6-4-2/h21H,3-20H2,1-2H3,(H,23,24). The van der Waals surface area contributed by atoms with Gasteiger partial charge < -0.3 is 5.11 Å². The molecule has 0 fully saturated rings. The van der Waals surface area contributed by atoms with Crippen molar-refractivity contribution in [3.8, 4) is 0 Å². The molecule has 27 heavy (non-hydrogen) atoms. The van der Waals surface area contributed by atoms with Crippen molar-refractivity contribution in [3.05, 3.63) is 0 Å². The summed E-state index contributed by atoms with van der Waals surface area (Å²) in [6.45, 7) is 4.17. The molecule has 0 saturated heterocycles. The maximum Gasteiger partial charge on any atom is 0.321 e. The highest BCUT2D eigenvalue weighted by Gasteiger charge is 2.31. The number of carboxylic acid groups (broad SMARTS) is 1. The molecule has 5 heteroatoms. The molecule has 0 amide bonds. The Labute approximate surface area is 168 Å². The zero-order chi connectivity index (χ0) is 20.4. The van der Waals surface area contributed by atoms with E-state index >= 15 is 0 Å². The molecule has 0 aliphatic heterocycles. The van der Waals surface area contributed by atoms with Crippen molar-refractivity contribution in [3.63, 3.8) is 0 Å². The van der Waals surface area contributed by atoms with Crippen molar-refractivity contribution in [1.82, 2.24) is 0 Å². The van der Waals surface area contributed by atoms with Gasteiger partial charge in [-0.2, -0.15) is 0 Å². The third kappa shape index (κ3) is 15.1. The van der Waals surface area contributed by atoms with Crippen molar-refractivity contribution < 1.29 is 18.3 Å². The summed E-state index contributed by atoms with van der Waals surface area (Å²) < 4.78 is 24.2. The fourth-order valence-corrected chi connectivity index (χ4v) is 5.28. The molecule has 0 aromatic carbocycles. The van der Waals surface area contributed by atoms with Crippen LogP contribution in [0.15, 0.2) is 0 Å². The summed E-state index contributed by atoms with van der Waals surface area (Å²) in [7, 11) is -3.50. The minimum Gasteiger partial charge on any atom is -0.480 e. The van der Waals surface area contributed by atoms with E-state index in [4.69, 9.17) is 0 Å². The van der Waals surface area contributed by atoms with Crippen molar-refractivity contribution in [2.24, 2.45) is 0 Å². The summed E-state index contributed by atoms with van der Waals surface area (Å²) in [5, 5.41) is 8.03. The summed E-state index contributed by atoms with van der Waals surface area (Å²) in [5.41, 5.74) is 0. The lowest BCUT2D eigenvalue weighted by molar-refractivity contribution is -0.136. The van der Waals surface area contributed by atoms with E-state index in [2.05, 4.69) is 6.92 Å². The maximum atomic E-state index is 12.1. The van der Waals surface area contributed by atoms with Crippen LogP contribution in [0.25, 0.3) is 0 Å². The Morgan fingerprint density at radius 3 is 1.41 bits per heavy atom. The molecule has 162 valence electrons. The molecule has 0 aliphatic carbocycles. The number of carbonyl (C=O) groups is 1. The van der Waals surface area contributed by atoms with Crippen LogP contribution in [-0.4, -0.2) is 30.5 Å². The lowest BCUT2D eigenvalue weighted by atomic mass is 10.0. The second-order valence-electron chi connectivity index (χ2n) is 7.93. The zero-order valence-corrected chi connectivity index (χ0v) is 18.7. The molecule has 0 aromatic rings. The monoisotopic (exact) mass is 404 g/mol. The third-order valence-electron chi connectivity index (χ3n) is 5.31. The Balaban J connectivity index is 3.62. The molecule has 1 unspecified atom stereocenters. The Morgan fingerprint density at radius 2 is 1.04 bits per heavy atom. The van der Waals surface area contributed by atoms with Gasteiger partial charge in [0.1, 0.15) is 0 Å². The molecule has 4 nitrogen and oxygen atoms in total. The molecule has 1 atom stereocenters. The van der Waals surface area contributed by atoms with Gasteiger partial charge in [-0.3, -0.25) is 4.79 Å². The average Bonchev–Trinajstić information content (AvgIpc) is 2.62. The molecular formula is C22H44O4S. The number of rotatable bonds is 20. The molecule has 0 aliphatic rings. The van der Waals surface area contributed by atoms with Crippen molar-refractivity contribution in [2.45, 2.75) is 128 Å². The van der Waals surface area contributed by atoms with Gasteiger partial charge in [0, 0.05) is 0 Å². The van der Waals surface area contributed by atoms with Gasteiger partial charge in [-0.15, -0.1) is 0 Å². The minimum atomic E-state index is -3.50. The third-order valence-corrected chi connectivity index (χ3v) is 7.47. The van der Waals surface area contributed by atoms with E-state index in [0.717, 1.165) is 19.3 Å². The van der Waals surface area contributed by atoms with Crippen molar-refractivity contribution in [1.29, 1.82) is 0 Å². The van der Waals surface area contributed by atoms with Crippen LogP contribution in [0.5, 0.6) is 0 Å². The van der Waals surface area contributed by atoms with E-state index in [1.54, 1.807) is 0 Å². The van der Waals surface area contributed by atoms with E-state index in [9.17, 15) is 18.3 Å². The predicted octanol–water partition coefficient (Wildman–Crippen LogP) is 6.53. The number of unbranched alkanes of at least 4 members (excludes halogenated alkanes) is 14. The highest BCUT2D eigenvalue weighted by molar-refractivity contribution is 7.92. The van der Waals surface area contributed by atoms with Gasteiger partial charge in [0.05, 0.1) is 5.75 Å². The second-order valence-corrected chi connectivity index (χ2v) is 10.2. The average molecular weight is 405 g/mol. The van der Waals surface area contributed by atoms with Gasteiger partial charge in [-0.1, -0.05) is 110 Å². The van der Waals surface area contributed by atoms with Gasteiger partial charge >= 0.3 is 5.97 Å². The lowest BCUT2D eigenvalue weighted by Crippen LogP contribution is -2.32. The molecule has 0 radical (unpaired) electrons. The summed E-state index contributed by atoms with van der Waals surface area (Å²) in [4.78, 5) is 11.3. The number of hydrogen-bond donors (Lipinski definition) is 1. The van der Waals surface area contributed by atoms with Crippen LogP contribution in [0.3, 0.4) is 0 Å². The molecule has 0 rings (SSSR count). The molecule has 0 saturated carbocycles. The van der Waals surface area contributed by atoms with Gasteiger partial charge in [0.15, 0.2) is 15.1 Å². The Morgan fingerprint density at radius 1 is 0.667 bits per heavy atom. The number of aliphatic carboxylic acids is 1. The van der Waals surface area contributed by atoms with Crippen molar-refractivity contribution in [2.75, 3.05) is 5.75 Å². The number of hydrogen-bond acceptors (Lipinski definition) is 3. The first-order valence-electron chi connectivity index (χ1n) is 11.4. The number of sulfone groups is 1. The first kappa shape index (κ1) is 26.4. The van der Waals surface area contributed by atoms with Crippen LogP contribution in [0.1, 0.15) is 123 Å². The quantitative estimate of drug-likeness (QED) is 0.234. The first-order valence-corrected chi connectivity index (χ1v) is 13.1. The van der Waals surface area contributed by atoms with E-state index in [1.807, 2.05) is 6.92 Å². The van der Waals surface area contributed by atoms with E-state index in [-0.39, 0.29) is 12.2 Å². The SMILES string of the molecule is CCCCCCCCCCCCCCCCC(C(=O)O)S(=O)(=O)CCCC. The molecule has 0 bridgehead atoms. The fraction of sp³-hybridized carbons (Fsp3) is 0.955. The summed E-state index contributed by atoms with van der Waals surface area (Å²) >= 11 is 0.